The molecule has 0 bridgehead atoms. The van der Waals surface area contributed by atoms with Crippen molar-refractivity contribution < 1.29 is 9.59 Å². The first-order valence-corrected chi connectivity index (χ1v) is 5.37. The van der Waals surface area contributed by atoms with Gasteiger partial charge in [0.1, 0.15) is 6.29 Å². The molecule has 0 spiro atoms. The number of halogens is 1. The van der Waals surface area contributed by atoms with Crippen LogP contribution in [0.3, 0.4) is 0 Å². The van der Waals surface area contributed by atoms with Crippen molar-refractivity contribution in [2.75, 3.05) is 18.1 Å². The maximum Gasteiger partial charge on any atom is 0.242 e. The van der Waals surface area contributed by atoms with Crippen LogP contribution in [0.2, 0.25) is 5.02 Å². The number of carbonyl (C=O) groups is 2. The highest BCUT2D eigenvalue weighted by Gasteiger charge is 2.29. The van der Waals surface area contributed by atoms with Crippen LogP contribution in [0.5, 0.6) is 0 Å². The molecule has 16 heavy (non-hydrogen) atoms. The molecule has 0 N–H and O–H groups in total. The molecule has 1 heterocycles. The van der Waals surface area contributed by atoms with E-state index in [-0.39, 0.29) is 12.5 Å². The Kier molecular flexibility index (Phi) is 3.22. The van der Waals surface area contributed by atoms with Gasteiger partial charge in [-0.05, 0) is 24.3 Å². The highest BCUT2D eigenvalue weighted by molar-refractivity contribution is 6.30. The summed E-state index contributed by atoms with van der Waals surface area (Å²) in [6.07, 6.45) is 1.23. The summed E-state index contributed by atoms with van der Waals surface area (Å²) in [5.41, 5.74) is 0.744. The van der Waals surface area contributed by atoms with Crippen molar-refractivity contribution in [3.8, 4) is 0 Å². The summed E-state index contributed by atoms with van der Waals surface area (Å²) in [5, 5.41) is 3.88. The number of nitrogens with zero attached hydrogens (tertiary/aromatic N) is 2. The molecule has 1 aliphatic heterocycles. The number of aldehydes is 1. The van der Waals surface area contributed by atoms with Gasteiger partial charge in [-0.1, -0.05) is 11.6 Å². The molecule has 1 aromatic carbocycles. The third kappa shape index (κ3) is 2.08. The Morgan fingerprint density at radius 3 is 2.62 bits per heavy atom. The molecule has 0 aliphatic carbocycles. The van der Waals surface area contributed by atoms with Gasteiger partial charge >= 0.3 is 0 Å². The van der Waals surface area contributed by atoms with Gasteiger partial charge in [-0.2, -0.15) is 0 Å². The Bertz CT molecular complexity index is 405. The zero-order valence-corrected chi connectivity index (χ0v) is 9.35. The summed E-state index contributed by atoms with van der Waals surface area (Å²) >= 11 is 5.78. The summed E-state index contributed by atoms with van der Waals surface area (Å²) in [4.78, 5) is 22.2. The number of hydrogen-bond donors (Lipinski definition) is 0. The molecule has 1 saturated heterocycles. The van der Waals surface area contributed by atoms with Crippen LogP contribution in [-0.2, 0) is 9.59 Å². The van der Waals surface area contributed by atoms with Crippen LogP contribution in [0.1, 0.15) is 6.42 Å². The minimum Gasteiger partial charge on any atom is -0.302 e. The third-order valence-corrected chi connectivity index (χ3v) is 2.71. The lowest BCUT2D eigenvalue weighted by molar-refractivity contribution is -0.118. The molecule has 1 fully saturated rings. The molecule has 1 amide bonds. The minimum atomic E-state index is 0.00386. The fourth-order valence-electron chi connectivity index (χ4n) is 1.74. The van der Waals surface area contributed by atoms with Crippen molar-refractivity contribution in [3.05, 3.63) is 29.3 Å². The Balaban J connectivity index is 2.26. The largest absolute Gasteiger partial charge is 0.302 e. The average molecular weight is 239 g/mol. The predicted octanol–water partition coefficient (Wildman–Crippen LogP) is 1.49. The summed E-state index contributed by atoms with van der Waals surface area (Å²) in [5.74, 6) is 0.00386. The van der Waals surface area contributed by atoms with E-state index >= 15 is 0 Å². The maximum atomic E-state index is 11.7. The summed E-state index contributed by atoms with van der Waals surface area (Å²) < 4.78 is 0. The van der Waals surface area contributed by atoms with E-state index in [1.54, 1.807) is 29.3 Å². The molecule has 4 nitrogen and oxygen atoms in total. The third-order valence-electron chi connectivity index (χ3n) is 2.46. The van der Waals surface area contributed by atoms with Gasteiger partial charge in [0.05, 0.1) is 12.2 Å². The predicted molar refractivity (Wildman–Crippen MR) is 61.2 cm³/mol. The Morgan fingerprint density at radius 2 is 2.00 bits per heavy atom. The molecule has 0 unspecified atom stereocenters. The van der Waals surface area contributed by atoms with Crippen LogP contribution in [0.25, 0.3) is 0 Å². The zero-order chi connectivity index (χ0) is 11.5. The number of rotatable bonds is 3. The molecular formula is C11H11ClN2O2. The number of hydrazine groups is 1. The van der Waals surface area contributed by atoms with Crippen LogP contribution in [0.4, 0.5) is 5.69 Å². The van der Waals surface area contributed by atoms with Crippen LogP contribution in [0, 0.1) is 0 Å². The fraction of sp³-hybridized carbons (Fsp3) is 0.273. The van der Waals surface area contributed by atoms with E-state index in [9.17, 15) is 9.59 Å². The van der Waals surface area contributed by atoms with Gasteiger partial charge in [0.25, 0.3) is 0 Å². The van der Waals surface area contributed by atoms with Crippen molar-refractivity contribution in [1.82, 2.24) is 5.01 Å². The first kappa shape index (κ1) is 11.1. The minimum absolute atomic E-state index is 0.00386. The second kappa shape index (κ2) is 4.63. The lowest BCUT2D eigenvalue weighted by atomic mass is 10.3. The van der Waals surface area contributed by atoms with E-state index in [1.807, 2.05) is 0 Å². The van der Waals surface area contributed by atoms with E-state index < -0.39 is 0 Å². The second-order valence-electron chi connectivity index (χ2n) is 3.51. The van der Waals surface area contributed by atoms with Gasteiger partial charge in [-0.25, -0.2) is 10.0 Å². The zero-order valence-electron chi connectivity index (χ0n) is 8.60. The summed E-state index contributed by atoms with van der Waals surface area (Å²) in [7, 11) is 0. The lowest BCUT2D eigenvalue weighted by Crippen LogP contribution is -2.40. The topological polar surface area (TPSA) is 40.6 Å². The van der Waals surface area contributed by atoms with Crippen molar-refractivity contribution in [3.63, 3.8) is 0 Å². The normalized spacial score (nSPS) is 16.8. The van der Waals surface area contributed by atoms with Crippen LogP contribution >= 0.6 is 11.6 Å². The number of hydrogen-bond acceptors (Lipinski definition) is 3. The molecule has 5 heteroatoms. The van der Waals surface area contributed by atoms with E-state index in [0.29, 0.717) is 18.0 Å². The second-order valence-corrected chi connectivity index (χ2v) is 3.95. The van der Waals surface area contributed by atoms with Crippen molar-refractivity contribution in [2.24, 2.45) is 0 Å². The lowest BCUT2D eigenvalue weighted by Gasteiger charge is -2.26. The van der Waals surface area contributed by atoms with E-state index in [4.69, 9.17) is 11.6 Å². The number of carbonyl (C=O) groups excluding carboxylic acids is 2. The molecule has 0 saturated carbocycles. The van der Waals surface area contributed by atoms with Crippen LogP contribution < -0.4 is 5.01 Å². The van der Waals surface area contributed by atoms with Gasteiger partial charge in [-0.15, -0.1) is 0 Å². The standard InChI is InChI=1S/C11H11ClN2O2/c12-9-1-3-10(4-2-9)14-11(16)5-6-13(14)7-8-15/h1-4,8H,5-7H2. The van der Waals surface area contributed by atoms with Crippen molar-refractivity contribution in [2.45, 2.75) is 6.42 Å². The Hall–Kier alpha value is -1.39. The Morgan fingerprint density at radius 1 is 1.31 bits per heavy atom. The molecule has 2 rings (SSSR count). The first-order valence-electron chi connectivity index (χ1n) is 4.99. The van der Waals surface area contributed by atoms with E-state index in [2.05, 4.69) is 0 Å². The van der Waals surface area contributed by atoms with Gasteiger partial charge < -0.3 is 4.79 Å². The van der Waals surface area contributed by atoms with Gasteiger partial charge in [0.15, 0.2) is 0 Å². The van der Waals surface area contributed by atoms with Gasteiger partial charge in [0.2, 0.25) is 5.91 Å². The smallest absolute Gasteiger partial charge is 0.242 e. The molecule has 0 atom stereocenters. The van der Waals surface area contributed by atoms with Crippen molar-refractivity contribution >= 4 is 29.5 Å². The highest BCUT2D eigenvalue weighted by Crippen LogP contribution is 2.23. The SMILES string of the molecule is O=CCN1CCC(=O)N1c1ccc(Cl)cc1. The Labute approximate surface area is 98.4 Å². The quantitative estimate of drug-likeness (QED) is 0.750. The number of anilines is 1. The molecule has 0 aromatic heterocycles. The van der Waals surface area contributed by atoms with Gasteiger partial charge in [-0.3, -0.25) is 4.79 Å². The number of benzene rings is 1. The van der Waals surface area contributed by atoms with Crippen LogP contribution in [-0.4, -0.2) is 30.3 Å². The first-order chi connectivity index (χ1) is 7.72. The fourth-order valence-corrected chi connectivity index (χ4v) is 1.86. The monoisotopic (exact) mass is 238 g/mol. The highest BCUT2D eigenvalue weighted by atomic mass is 35.5. The average Bonchev–Trinajstić information content (AvgIpc) is 2.62. The van der Waals surface area contributed by atoms with Gasteiger partial charge in [0, 0.05) is 18.0 Å². The van der Waals surface area contributed by atoms with Crippen LogP contribution in [0.15, 0.2) is 24.3 Å². The number of amides is 1. The maximum absolute atomic E-state index is 11.7. The van der Waals surface area contributed by atoms with Crippen molar-refractivity contribution in [1.29, 1.82) is 0 Å². The van der Waals surface area contributed by atoms with E-state index in [0.717, 1.165) is 12.0 Å². The van der Waals surface area contributed by atoms with E-state index in [1.165, 1.54) is 5.01 Å². The molecular weight excluding hydrogens is 228 g/mol. The summed E-state index contributed by atoms with van der Waals surface area (Å²) in [6, 6.07) is 6.98. The summed E-state index contributed by atoms with van der Waals surface area (Å²) in [6.45, 7) is 0.814. The molecule has 0 radical (unpaired) electrons. The molecule has 84 valence electrons. The molecule has 1 aliphatic rings. The molecule has 1 aromatic rings.